The molecule has 5 nitrogen and oxygen atoms in total. The quantitative estimate of drug-likeness (QED) is 0.250. The average molecular weight is 523 g/mol. The van der Waals surface area contributed by atoms with Crippen molar-refractivity contribution >= 4 is 11.3 Å². The summed E-state index contributed by atoms with van der Waals surface area (Å²) in [5, 5.41) is 0. The fourth-order valence-corrected chi connectivity index (χ4v) is 6.16. The highest BCUT2D eigenvalue weighted by atomic mass is 32.1. The molecule has 0 unspecified atom stereocenters. The van der Waals surface area contributed by atoms with Gasteiger partial charge in [0.15, 0.2) is 11.5 Å². The standard InChI is InChI=1S/C31H42N2O3S/c1-24-9-11-25(12-10-24)22-28-15-14-27(37-28)8-6-5-7-17-32-18-20-33(21-19-32)23-26-13-16-29(34-2)31(36-4)30(26)35-3/h9-16H,5-8,17-23H2,1-4H3. The van der Waals surface area contributed by atoms with Gasteiger partial charge in [0, 0.05) is 54.5 Å². The molecule has 3 aromatic rings. The number of aryl methyl sites for hydroxylation is 2. The van der Waals surface area contributed by atoms with Crippen molar-refractivity contribution in [2.45, 2.75) is 45.6 Å². The molecule has 37 heavy (non-hydrogen) atoms. The summed E-state index contributed by atoms with van der Waals surface area (Å²) in [6.07, 6.45) is 6.12. The van der Waals surface area contributed by atoms with Gasteiger partial charge in [0.2, 0.25) is 5.75 Å². The van der Waals surface area contributed by atoms with Crippen LogP contribution in [0.1, 0.15) is 45.7 Å². The van der Waals surface area contributed by atoms with E-state index in [2.05, 4.69) is 59.2 Å². The van der Waals surface area contributed by atoms with E-state index >= 15 is 0 Å². The number of thiophene rings is 1. The summed E-state index contributed by atoms with van der Waals surface area (Å²) in [6.45, 7) is 8.63. The van der Waals surface area contributed by atoms with Gasteiger partial charge in [0.25, 0.3) is 0 Å². The summed E-state index contributed by atoms with van der Waals surface area (Å²) in [6, 6.07) is 17.6. The van der Waals surface area contributed by atoms with Gasteiger partial charge in [-0.2, -0.15) is 0 Å². The van der Waals surface area contributed by atoms with Crippen LogP contribution in [0.25, 0.3) is 0 Å². The minimum Gasteiger partial charge on any atom is -0.493 e. The van der Waals surface area contributed by atoms with Crippen LogP contribution in [0.2, 0.25) is 0 Å². The van der Waals surface area contributed by atoms with Crippen LogP contribution < -0.4 is 14.2 Å². The number of ether oxygens (including phenoxy) is 3. The first-order valence-electron chi connectivity index (χ1n) is 13.4. The molecule has 1 saturated heterocycles. The van der Waals surface area contributed by atoms with Crippen LogP contribution in [0.15, 0.2) is 48.5 Å². The van der Waals surface area contributed by atoms with Gasteiger partial charge in [-0.1, -0.05) is 42.3 Å². The molecule has 2 aromatic carbocycles. The van der Waals surface area contributed by atoms with E-state index in [9.17, 15) is 0 Å². The lowest BCUT2D eigenvalue weighted by Gasteiger charge is -2.35. The number of methoxy groups -OCH3 is 3. The molecule has 0 bridgehead atoms. The summed E-state index contributed by atoms with van der Waals surface area (Å²) in [5.41, 5.74) is 3.87. The van der Waals surface area contributed by atoms with Crippen molar-refractivity contribution in [2.75, 3.05) is 54.1 Å². The second kappa shape index (κ2) is 13.8. The Kier molecular flexibility index (Phi) is 10.3. The molecule has 4 rings (SSSR count). The van der Waals surface area contributed by atoms with Crippen LogP contribution >= 0.6 is 11.3 Å². The molecule has 1 aromatic heterocycles. The first-order valence-corrected chi connectivity index (χ1v) is 14.3. The zero-order chi connectivity index (χ0) is 26.0. The Morgan fingerprint density at radius 2 is 1.41 bits per heavy atom. The van der Waals surface area contributed by atoms with Crippen LogP contribution in [0.5, 0.6) is 17.2 Å². The average Bonchev–Trinajstić information content (AvgIpc) is 3.37. The highest BCUT2D eigenvalue weighted by Gasteiger charge is 2.21. The number of hydrogen-bond acceptors (Lipinski definition) is 6. The van der Waals surface area contributed by atoms with Gasteiger partial charge in [0.05, 0.1) is 21.3 Å². The summed E-state index contributed by atoms with van der Waals surface area (Å²) in [5.74, 6) is 2.15. The summed E-state index contributed by atoms with van der Waals surface area (Å²) in [4.78, 5) is 8.13. The van der Waals surface area contributed by atoms with Gasteiger partial charge in [-0.25, -0.2) is 0 Å². The second-order valence-electron chi connectivity index (χ2n) is 9.95. The second-order valence-corrected chi connectivity index (χ2v) is 11.2. The van der Waals surface area contributed by atoms with Crippen molar-refractivity contribution < 1.29 is 14.2 Å². The van der Waals surface area contributed by atoms with E-state index in [1.165, 1.54) is 53.1 Å². The molecule has 2 heterocycles. The number of hydrogen-bond donors (Lipinski definition) is 0. The van der Waals surface area contributed by atoms with Gasteiger partial charge in [0.1, 0.15) is 0 Å². The number of nitrogens with zero attached hydrogens (tertiary/aromatic N) is 2. The molecule has 0 N–H and O–H groups in total. The van der Waals surface area contributed by atoms with Crippen molar-refractivity contribution in [3.8, 4) is 17.2 Å². The predicted molar refractivity (Wildman–Crippen MR) is 154 cm³/mol. The molecule has 1 aliphatic heterocycles. The molecule has 0 spiro atoms. The number of benzene rings is 2. The monoisotopic (exact) mass is 522 g/mol. The van der Waals surface area contributed by atoms with Gasteiger partial charge in [-0.05, 0) is 56.5 Å². The minimum atomic E-state index is 0.672. The SMILES string of the molecule is COc1ccc(CN2CCN(CCCCCc3ccc(Cc4ccc(C)cc4)s3)CC2)c(OC)c1OC. The van der Waals surface area contributed by atoms with Crippen LogP contribution in [-0.2, 0) is 19.4 Å². The maximum atomic E-state index is 5.67. The largest absolute Gasteiger partial charge is 0.493 e. The molecule has 0 radical (unpaired) electrons. The lowest BCUT2D eigenvalue weighted by Crippen LogP contribution is -2.46. The fraction of sp³-hybridized carbons (Fsp3) is 0.484. The maximum Gasteiger partial charge on any atom is 0.203 e. The van der Waals surface area contributed by atoms with E-state index in [0.29, 0.717) is 11.5 Å². The Hall–Kier alpha value is -2.54. The third kappa shape index (κ3) is 7.73. The number of piperazine rings is 1. The first kappa shape index (κ1) is 27.5. The topological polar surface area (TPSA) is 34.2 Å². The molecule has 1 fully saturated rings. The van der Waals surface area contributed by atoms with Crippen molar-refractivity contribution in [3.05, 3.63) is 75.0 Å². The molecule has 200 valence electrons. The number of rotatable bonds is 13. The van der Waals surface area contributed by atoms with E-state index in [-0.39, 0.29) is 0 Å². The first-order chi connectivity index (χ1) is 18.1. The van der Waals surface area contributed by atoms with Crippen LogP contribution in [0.4, 0.5) is 0 Å². The normalized spacial score (nSPS) is 14.6. The highest BCUT2D eigenvalue weighted by molar-refractivity contribution is 7.12. The molecule has 0 aliphatic carbocycles. The van der Waals surface area contributed by atoms with Crippen molar-refractivity contribution in [1.82, 2.24) is 9.80 Å². The molecular formula is C31H42N2O3S. The minimum absolute atomic E-state index is 0.672. The van der Waals surface area contributed by atoms with Crippen molar-refractivity contribution in [2.24, 2.45) is 0 Å². The summed E-state index contributed by atoms with van der Waals surface area (Å²) < 4.78 is 16.6. The Bertz CT molecular complexity index is 1100. The van der Waals surface area contributed by atoms with Crippen LogP contribution in [-0.4, -0.2) is 63.9 Å². The third-order valence-corrected chi connectivity index (χ3v) is 8.40. The van der Waals surface area contributed by atoms with Crippen molar-refractivity contribution in [1.29, 1.82) is 0 Å². The van der Waals surface area contributed by atoms with Crippen molar-refractivity contribution in [3.63, 3.8) is 0 Å². The Morgan fingerprint density at radius 3 is 2.11 bits per heavy atom. The smallest absolute Gasteiger partial charge is 0.203 e. The van der Waals surface area contributed by atoms with E-state index < -0.39 is 0 Å². The van der Waals surface area contributed by atoms with E-state index in [0.717, 1.165) is 50.5 Å². The molecule has 0 amide bonds. The lowest BCUT2D eigenvalue weighted by molar-refractivity contribution is 0.124. The van der Waals surface area contributed by atoms with E-state index in [1.807, 2.05) is 17.4 Å². The van der Waals surface area contributed by atoms with Crippen LogP contribution in [0, 0.1) is 6.92 Å². The molecule has 6 heteroatoms. The van der Waals surface area contributed by atoms with Crippen LogP contribution in [0.3, 0.4) is 0 Å². The molecular weight excluding hydrogens is 480 g/mol. The predicted octanol–water partition coefficient (Wildman–Crippen LogP) is 6.20. The maximum absolute atomic E-state index is 5.67. The van der Waals surface area contributed by atoms with Gasteiger partial charge >= 0.3 is 0 Å². The third-order valence-electron chi connectivity index (χ3n) is 7.26. The number of unbranched alkanes of at least 4 members (excludes halogenated alkanes) is 2. The van der Waals surface area contributed by atoms with Gasteiger partial charge < -0.3 is 19.1 Å². The molecule has 0 saturated carbocycles. The molecule has 0 atom stereocenters. The molecule has 1 aliphatic rings. The zero-order valence-corrected chi connectivity index (χ0v) is 23.7. The van der Waals surface area contributed by atoms with E-state index in [1.54, 1.807) is 21.3 Å². The summed E-state index contributed by atoms with van der Waals surface area (Å²) >= 11 is 1.99. The Balaban J connectivity index is 1.13. The highest BCUT2D eigenvalue weighted by Crippen LogP contribution is 2.40. The fourth-order valence-electron chi connectivity index (χ4n) is 5.07. The summed E-state index contributed by atoms with van der Waals surface area (Å²) in [7, 11) is 5.01. The Morgan fingerprint density at radius 1 is 0.703 bits per heavy atom. The van der Waals surface area contributed by atoms with E-state index in [4.69, 9.17) is 14.2 Å². The lowest BCUT2D eigenvalue weighted by atomic mass is 10.1. The Labute approximate surface area is 227 Å². The van der Waals surface area contributed by atoms with Gasteiger partial charge in [-0.15, -0.1) is 11.3 Å². The zero-order valence-electron chi connectivity index (χ0n) is 22.9. The van der Waals surface area contributed by atoms with Gasteiger partial charge in [-0.3, -0.25) is 4.90 Å².